The monoisotopic (exact) mass is 207 g/mol. The smallest absolute Gasteiger partial charge is 0.132 e. The van der Waals surface area contributed by atoms with E-state index in [1.807, 2.05) is 6.21 Å². The second-order valence-corrected chi connectivity index (χ2v) is 4.81. The van der Waals surface area contributed by atoms with Crippen molar-refractivity contribution in [3.8, 4) is 0 Å². The molecule has 0 aromatic carbocycles. The van der Waals surface area contributed by atoms with Gasteiger partial charge in [0.2, 0.25) is 0 Å². The molecule has 1 aromatic rings. The molecule has 2 N–H and O–H groups in total. The van der Waals surface area contributed by atoms with Crippen LogP contribution in [0.3, 0.4) is 0 Å². The molecule has 0 radical (unpaired) electrons. The molecule has 0 saturated carbocycles. The third kappa shape index (κ3) is 1.26. The Morgan fingerprint density at radius 2 is 2.21 bits per heavy atom. The first kappa shape index (κ1) is 8.44. The molecule has 1 fully saturated rings. The summed E-state index contributed by atoms with van der Waals surface area (Å²) < 4.78 is 0. The second kappa shape index (κ2) is 3.07. The van der Waals surface area contributed by atoms with Crippen molar-refractivity contribution in [2.75, 3.05) is 18.4 Å². The molecule has 1 saturated heterocycles. The third-order valence-electron chi connectivity index (χ3n) is 2.92. The third-order valence-corrected chi connectivity index (χ3v) is 3.77. The highest BCUT2D eigenvalue weighted by Gasteiger charge is 2.33. The van der Waals surface area contributed by atoms with E-state index >= 15 is 0 Å². The van der Waals surface area contributed by atoms with Gasteiger partial charge >= 0.3 is 0 Å². The number of anilines is 1. The van der Waals surface area contributed by atoms with E-state index in [0.717, 1.165) is 25.9 Å². The fraction of sp³-hybridized carbons (Fsp3) is 0.500. The molecule has 0 amide bonds. The Morgan fingerprint density at radius 1 is 1.36 bits per heavy atom. The lowest BCUT2D eigenvalue weighted by molar-refractivity contribution is 0.351. The molecule has 14 heavy (non-hydrogen) atoms. The summed E-state index contributed by atoms with van der Waals surface area (Å²) in [6.45, 7) is 2.12. The molecule has 0 unspecified atom stereocenters. The van der Waals surface area contributed by atoms with Gasteiger partial charge in [-0.1, -0.05) is 0 Å². The molecule has 2 aliphatic rings. The van der Waals surface area contributed by atoms with Gasteiger partial charge in [-0.3, -0.25) is 4.99 Å². The van der Waals surface area contributed by atoms with Crippen molar-refractivity contribution in [2.45, 2.75) is 18.5 Å². The number of fused-ring (bicyclic) bond motifs is 1. The van der Waals surface area contributed by atoms with Crippen molar-refractivity contribution in [3.05, 3.63) is 16.3 Å². The number of nitrogens with zero attached hydrogens (tertiary/aromatic N) is 1. The van der Waals surface area contributed by atoms with E-state index in [1.165, 1.54) is 10.6 Å². The molecular weight excluding hydrogens is 194 g/mol. The molecule has 3 heterocycles. The molecular formula is C10H13N3S. The van der Waals surface area contributed by atoms with Gasteiger partial charge in [-0.25, -0.2) is 0 Å². The van der Waals surface area contributed by atoms with Crippen LogP contribution in [-0.4, -0.2) is 25.0 Å². The first-order valence-electron chi connectivity index (χ1n) is 5.00. The number of rotatable bonds is 0. The Bertz CT molecular complexity index is 363. The fourth-order valence-electron chi connectivity index (χ4n) is 2.08. The van der Waals surface area contributed by atoms with Crippen LogP contribution in [0.5, 0.6) is 0 Å². The van der Waals surface area contributed by atoms with Crippen LogP contribution >= 0.6 is 11.3 Å². The van der Waals surface area contributed by atoms with E-state index in [2.05, 4.69) is 27.1 Å². The van der Waals surface area contributed by atoms with E-state index in [-0.39, 0.29) is 5.66 Å². The molecule has 1 aromatic heterocycles. The maximum atomic E-state index is 4.67. The lowest BCUT2D eigenvalue weighted by Gasteiger charge is -2.37. The fourth-order valence-corrected chi connectivity index (χ4v) is 2.79. The van der Waals surface area contributed by atoms with Gasteiger partial charge in [0, 0.05) is 19.1 Å². The summed E-state index contributed by atoms with van der Waals surface area (Å²) >= 11 is 1.75. The van der Waals surface area contributed by atoms with Crippen LogP contribution in [0.4, 0.5) is 5.69 Å². The van der Waals surface area contributed by atoms with E-state index in [1.54, 1.807) is 11.3 Å². The topological polar surface area (TPSA) is 36.4 Å². The maximum Gasteiger partial charge on any atom is 0.132 e. The minimum atomic E-state index is -0.0146. The Labute approximate surface area is 87.2 Å². The number of aliphatic imine (C=N–C) groups is 1. The zero-order valence-electron chi connectivity index (χ0n) is 7.92. The number of hydrogen-bond donors (Lipinski definition) is 2. The summed E-state index contributed by atoms with van der Waals surface area (Å²) in [6, 6.07) is 2.15. The van der Waals surface area contributed by atoms with Crippen LogP contribution in [0.15, 0.2) is 16.4 Å². The van der Waals surface area contributed by atoms with Crippen LogP contribution < -0.4 is 10.6 Å². The highest BCUT2D eigenvalue weighted by Crippen LogP contribution is 2.33. The summed E-state index contributed by atoms with van der Waals surface area (Å²) in [4.78, 5) is 5.93. The molecule has 2 aliphatic heterocycles. The zero-order valence-corrected chi connectivity index (χ0v) is 8.73. The van der Waals surface area contributed by atoms with Crippen molar-refractivity contribution < 1.29 is 0 Å². The van der Waals surface area contributed by atoms with Crippen molar-refractivity contribution in [1.82, 2.24) is 5.32 Å². The van der Waals surface area contributed by atoms with Crippen molar-refractivity contribution in [1.29, 1.82) is 0 Å². The first-order valence-corrected chi connectivity index (χ1v) is 5.88. The molecule has 0 atom stereocenters. The Kier molecular flexibility index (Phi) is 1.85. The van der Waals surface area contributed by atoms with Gasteiger partial charge in [-0.05, 0) is 24.5 Å². The van der Waals surface area contributed by atoms with Crippen LogP contribution in [0.1, 0.15) is 17.7 Å². The van der Waals surface area contributed by atoms with Crippen molar-refractivity contribution in [3.63, 3.8) is 0 Å². The summed E-state index contributed by atoms with van der Waals surface area (Å²) in [5.41, 5.74) is 1.24. The average molecular weight is 207 g/mol. The van der Waals surface area contributed by atoms with E-state index in [4.69, 9.17) is 0 Å². The molecule has 1 spiro atoms. The largest absolute Gasteiger partial charge is 0.360 e. The van der Waals surface area contributed by atoms with E-state index < -0.39 is 0 Å². The summed E-state index contributed by atoms with van der Waals surface area (Å²) in [7, 11) is 0. The summed E-state index contributed by atoms with van der Waals surface area (Å²) in [5.74, 6) is 0. The Hall–Kier alpha value is -0.870. The minimum absolute atomic E-state index is 0.0146. The van der Waals surface area contributed by atoms with Crippen LogP contribution in [-0.2, 0) is 0 Å². The second-order valence-electron chi connectivity index (χ2n) is 3.86. The van der Waals surface area contributed by atoms with Crippen molar-refractivity contribution >= 4 is 23.2 Å². The minimum Gasteiger partial charge on any atom is -0.360 e. The molecule has 4 heteroatoms. The number of nitrogens with one attached hydrogen (secondary N) is 2. The Morgan fingerprint density at radius 3 is 3.07 bits per heavy atom. The van der Waals surface area contributed by atoms with Crippen LogP contribution in [0.25, 0.3) is 0 Å². The van der Waals surface area contributed by atoms with Gasteiger partial charge in [0.25, 0.3) is 0 Å². The Balaban J connectivity index is 1.92. The standard InChI is InChI=1S/C10H13N3S/c1-6-14-9-7-12-10(13-8(1)9)2-4-11-5-3-10/h1,6-7,11,13H,2-5H2. The molecule has 3 rings (SSSR count). The summed E-state index contributed by atoms with van der Waals surface area (Å²) in [6.07, 6.45) is 4.19. The quantitative estimate of drug-likeness (QED) is 0.679. The lowest BCUT2D eigenvalue weighted by Crippen LogP contribution is -2.47. The van der Waals surface area contributed by atoms with E-state index in [0.29, 0.717) is 0 Å². The van der Waals surface area contributed by atoms with Gasteiger partial charge < -0.3 is 10.6 Å². The predicted octanol–water partition coefficient (Wildman–Crippen LogP) is 1.67. The number of piperidine rings is 1. The number of thiophene rings is 1. The van der Waals surface area contributed by atoms with Crippen molar-refractivity contribution in [2.24, 2.45) is 4.99 Å². The predicted molar refractivity (Wildman–Crippen MR) is 60.4 cm³/mol. The molecule has 0 bridgehead atoms. The van der Waals surface area contributed by atoms with Gasteiger partial charge in [0.1, 0.15) is 5.66 Å². The molecule has 3 nitrogen and oxygen atoms in total. The highest BCUT2D eigenvalue weighted by molar-refractivity contribution is 7.12. The van der Waals surface area contributed by atoms with E-state index in [9.17, 15) is 0 Å². The average Bonchev–Trinajstić information content (AvgIpc) is 2.66. The van der Waals surface area contributed by atoms with Gasteiger partial charge in [-0.15, -0.1) is 11.3 Å². The van der Waals surface area contributed by atoms with Gasteiger partial charge in [0.15, 0.2) is 0 Å². The highest BCUT2D eigenvalue weighted by atomic mass is 32.1. The molecule has 0 aliphatic carbocycles. The molecule has 74 valence electrons. The maximum absolute atomic E-state index is 4.67. The van der Waals surface area contributed by atoms with Gasteiger partial charge in [0.05, 0.1) is 10.6 Å². The van der Waals surface area contributed by atoms with Crippen LogP contribution in [0, 0.1) is 0 Å². The number of hydrogen-bond acceptors (Lipinski definition) is 4. The summed E-state index contributed by atoms with van der Waals surface area (Å²) in [5, 5.41) is 9.04. The SMILES string of the molecule is C1=NC2(CCNCC2)Nc2ccsc21. The van der Waals surface area contributed by atoms with Crippen LogP contribution in [0.2, 0.25) is 0 Å². The normalized spacial score (nSPS) is 23.1. The lowest BCUT2D eigenvalue weighted by atomic mass is 9.97. The first-order chi connectivity index (χ1) is 6.88. The van der Waals surface area contributed by atoms with Gasteiger partial charge in [-0.2, -0.15) is 0 Å². The zero-order chi connectivity index (χ0) is 9.43.